The van der Waals surface area contributed by atoms with Crippen LogP contribution in [0.2, 0.25) is 0 Å². The predicted octanol–water partition coefficient (Wildman–Crippen LogP) is 2.28. The second-order valence-electron chi connectivity index (χ2n) is 5.73. The Morgan fingerprint density at radius 3 is 2.68 bits per heavy atom. The zero-order valence-corrected chi connectivity index (χ0v) is 15.3. The molecule has 0 bridgehead atoms. The molecule has 0 radical (unpaired) electrons. The molecule has 8 heteroatoms. The maximum atomic E-state index is 12.6. The number of benzene rings is 1. The summed E-state index contributed by atoms with van der Waals surface area (Å²) in [6, 6.07) is 6.06. The van der Waals surface area contributed by atoms with Crippen molar-refractivity contribution < 1.29 is 17.9 Å². The van der Waals surface area contributed by atoms with Gasteiger partial charge in [0.25, 0.3) is 5.91 Å². The SMILES string of the molecule is CCCS(=O)(=O)c1cc(C(=O)NC(C)c2ccc[nH]2)c(OC)cc1N. The van der Waals surface area contributed by atoms with E-state index in [-0.39, 0.29) is 33.7 Å². The molecule has 25 heavy (non-hydrogen) atoms. The van der Waals surface area contributed by atoms with Crippen molar-refractivity contribution in [2.45, 2.75) is 31.2 Å². The lowest BCUT2D eigenvalue weighted by Gasteiger charge is -2.16. The van der Waals surface area contributed by atoms with E-state index < -0.39 is 15.7 Å². The standard InChI is InChI=1S/C17H23N3O4S/c1-4-8-25(22,23)16-9-12(15(24-3)10-13(16)18)17(21)20-11(2)14-6-5-7-19-14/h5-7,9-11,19H,4,8,18H2,1-3H3,(H,20,21). The van der Waals surface area contributed by atoms with E-state index in [9.17, 15) is 13.2 Å². The van der Waals surface area contributed by atoms with Crippen LogP contribution in [0, 0.1) is 0 Å². The molecular formula is C17H23N3O4S. The molecule has 2 aromatic rings. The van der Waals surface area contributed by atoms with Gasteiger partial charge >= 0.3 is 0 Å². The van der Waals surface area contributed by atoms with Crippen LogP contribution in [0.15, 0.2) is 35.4 Å². The van der Waals surface area contributed by atoms with E-state index >= 15 is 0 Å². The van der Waals surface area contributed by atoms with E-state index in [2.05, 4.69) is 10.3 Å². The van der Waals surface area contributed by atoms with Gasteiger partial charge in [-0.2, -0.15) is 0 Å². The third kappa shape index (κ3) is 4.14. The van der Waals surface area contributed by atoms with Crippen LogP contribution >= 0.6 is 0 Å². The number of methoxy groups -OCH3 is 1. The average Bonchev–Trinajstić information content (AvgIpc) is 3.08. The minimum atomic E-state index is -3.56. The first-order valence-electron chi connectivity index (χ1n) is 7.94. The Balaban J connectivity index is 2.40. The quantitative estimate of drug-likeness (QED) is 0.651. The normalized spacial score (nSPS) is 12.6. The van der Waals surface area contributed by atoms with Crippen molar-refractivity contribution in [2.24, 2.45) is 0 Å². The number of aromatic nitrogens is 1. The summed E-state index contributed by atoms with van der Waals surface area (Å²) < 4.78 is 30.0. The predicted molar refractivity (Wildman–Crippen MR) is 96.4 cm³/mol. The second kappa shape index (κ2) is 7.60. The number of amides is 1. The first kappa shape index (κ1) is 18.9. The van der Waals surface area contributed by atoms with Crippen molar-refractivity contribution in [3.05, 3.63) is 41.7 Å². The molecule has 0 fully saturated rings. The maximum absolute atomic E-state index is 12.6. The number of H-pyrrole nitrogens is 1. The number of aromatic amines is 1. The number of carbonyl (C=O) groups is 1. The Bertz CT molecular complexity index is 845. The van der Waals surface area contributed by atoms with Crippen LogP contribution < -0.4 is 15.8 Å². The third-order valence-electron chi connectivity index (χ3n) is 3.82. The molecule has 7 nitrogen and oxygen atoms in total. The molecule has 2 rings (SSSR count). The lowest BCUT2D eigenvalue weighted by molar-refractivity contribution is 0.0936. The van der Waals surface area contributed by atoms with E-state index in [1.54, 1.807) is 13.1 Å². The molecule has 0 aliphatic heterocycles. The van der Waals surface area contributed by atoms with Gasteiger partial charge in [-0.3, -0.25) is 4.79 Å². The Morgan fingerprint density at radius 2 is 2.12 bits per heavy atom. The van der Waals surface area contributed by atoms with Gasteiger partial charge in [0.1, 0.15) is 5.75 Å². The van der Waals surface area contributed by atoms with Crippen molar-refractivity contribution in [3.63, 3.8) is 0 Å². The summed E-state index contributed by atoms with van der Waals surface area (Å²) in [5, 5.41) is 2.82. The van der Waals surface area contributed by atoms with Gasteiger partial charge in [0.2, 0.25) is 0 Å². The number of rotatable bonds is 7. The zero-order valence-electron chi connectivity index (χ0n) is 14.5. The topological polar surface area (TPSA) is 114 Å². The number of carbonyl (C=O) groups excluding carboxylic acids is 1. The van der Waals surface area contributed by atoms with Crippen LogP contribution in [-0.4, -0.2) is 32.2 Å². The minimum Gasteiger partial charge on any atom is -0.496 e. The fraction of sp³-hybridized carbons (Fsp3) is 0.353. The van der Waals surface area contributed by atoms with E-state index in [1.807, 2.05) is 19.1 Å². The van der Waals surface area contributed by atoms with E-state index in [4.69, 9.17) is 10.5 Å². The smallest absolute Gasteiger partial charge is 0.255 e. The molecule has 1 aromatic heterocycles. The van der Waals surface area contributed by atoms with Crippen molar-refractivity contribution in [3.8, 4) is 5.75 Å². The summed E-state index contributed by atoms with van der Waals surface area (Å²) in [6.45, 7) is 3.59. The van der Waals surface area contributed by atoms with Crippen molar-refractivity contribution in [1.29, 1.82) is 0 Å². The summed E-state index contributed by atoms with van der Waals surface area (Å²) in [5.41, 5.74) is 6.90. The molecule has 1 amide bonds. The molecule has 1 aromatic carbocycles. The lowest BCUT2D eigenvalue weighted by Crippen LogP contribution is -2.27. The molecule has 1 heterocycles. The molecule has 0 saturated heterocycles. The molecule has 0 aliphatic rings. The molecule has 136 valence electrons. The van der Waals surface area contributed by atoms with Crippen LogP contribution in [0.3, 0.4) is 0 Å². The number of nitrogens with two attached hydrogens (primary N) is 1. The van der Waals surface area contributed by atoms with Crippen LogP contribution in [0.1, 0.15) is 42.4 Å². The third-order valence-corrected chi connectivity index (χ3v) is 5.79. The summed E-state index contributed by atoms with van der Waals surface area (Å²) in [4.78, 5) is 15.6. The monoisotopic (exact) mass is 365 g/mol. The zero-order chi connectivity index (χ0) is 18.6. The van der Waals surface area contributed by atoms with Crippen LogP contribution in [-0.2, 0) is 9.84 Å². The van der Waals surface area contributed by atoms with Gasteiger partial charge in [-0.15, -0.1) is 0 Å². The number of ether oxygens (including phenoxy) is 1. The fourth-order valence-electron chi connectivity index (χ4n) is 2.54. The van der Waals surface area contributed by atoms with Gasteiger partial charge in [-0.1, -0.05) is 6.92 Å². The second-order valence-corrected chi connectivity index (χ2v) is 7.81. The fourth-order valence-corrected chi connectivity index (χ4v) is 4.01. The molecule has 0 spiro atoms. The summed E-state index contributed by atoms with van der Waals surface area (Å²) in [5.74, 6) is -0.250. The molecule has 0 saturated carbocycles. The van der Waals surface area contributed by atoms with Gasteiger partial charge in [0, 0.05) is 18.0 Å². The number of nitrogens with one attached hydrogen (secondary N) is 2. The van der Waals surface area contributed by atoms with Crippen molar-refractivity contribution in [1.82, 2.24) is 10.3 Å². The summed E-state index contributed by atoms with van der Waals surface area (Å²) in [6.07, 6.45) is 2.22. The first-order chi connectivity index (χ1) is 11.8. The number of anilines is 1. The van der Waals surface area contributed by atoms with Crippen LogP contribution in [0.25, 0.3) is 0 Å². The van der Waals surface area contributed by atoms with E-state index in [0.29, 0.717) is 6.42 Å². The van der Waals surface area contributed by atoms with Crippen LogP contribution in [0.4, 0.5) is 5.69 Å². The molecule has 1 atom stereocenters. The highest BCUT2D eigenvalue weighted by Gasteiger charge is 2.23. The van der Waals surface area contributed by atoms with Crippen molar-refractivity contribution in [2.75, 3.05) is 18.6 Å². The average molecular weight is 365 g/mol. The Hall–Kier alpha value is -2.48. The van der Waals surface area contributed by atoms with Gasteiger partial charge in [0.15, 0.2) is 9.84 Å². The first-order valence-corrected chi connectivity index (χ1v) is 9.59. The Morgan fingerprint density at radius 1 is 1.40 bits per heavy atom. The molecular weight excluding hydrogens is 342 g/mol. The highest BCUT2D eigenvalue weighted by atomic mass is 32.2. The molecule has 1 unspecified atom stereocenters. The molecule has 4 N–H and O–H groups in total. The van der Waals surface area contributed by atoms with Gasteiger partial charge in [-0.05, 0) is 31.5 Å². The van der Waals surface area contributed by atoms with Crippen LogP contribution in [0.5, 0.6) is 5.75 Å². The number of sulfone groups is 1. The van der Waals surface area contributed by atoms with Gasteiger partial charge in [0.05, 0.1) is 35.1 Å². The van der Waals surface area contributed by atoms with Gasteiger partial charge in [-0.25, -0.2) is 8.42 Å². The van der Waals surface area contributed by atoms with Crippen molar-refractivity contribution >= 4 is 21.4 Å². The Labute approximate surface area is 147 Å². The minimum absolute atomic E-state index is 0.0382. The highest BCUT2D eigenvalue weighted by Crippen LogP contribution is 2.30. The highest BCUT2D eigenvalue weighted by molar-refractivity contribution is 7.91. The largest absolute Gasteiger partial charge is 0.496 e. The molecule has 0 aliphatic carbocycles. The number of hydrogen-bond donors (Lipinski definition) is 3. The van der Waals surface area contributed by atoms with E-state index in [0.717, 1.165) is 5.69 Å². The maximum Gasteiger partial charge on any atom is 0.255 e. The number of nitrogen functional groups attached to an aromatic ring is 1. The van der Waals surface area contributed by atoms with E-state index in [1.165, 1.54) is 19.2 Å². The lowest BCUT2D eigenvalue weighted by atomic mass is 10.1. The summed E-state index contributed by atoms with van der Waals surface area (Å²) >= 11 is 0. The Kier molecular flexibility index (Phi) is 5.73. The van der Waals surface area contributed by atoms with Gasteiger partial charge < -0.3 is 20.8 Å². The number of hydrogen-bond acceptors (Lipinski definition) is 5. The summed E-state index contributed by atoms with van der Waals surface area (Å²) in [7, 11) is -2.16.